The fourth-order valence-electron chi connectivity index (χ4n) is 2.48. The first kappa shape index (κ1) is 11.8. The number of hydrazone groups is 1. The van der Waals surface area contributed by atoms with Crippen LogP contribution in [0.15, 0.2) is 21.5 Å². The molecule has 0 aromatic heterocycles. The summed E-state index contributed by atoms with van der Waals surface area (Å²) in [6, 6.07) is 0. The molecular formula is C10H10ClF3N4. The highest BCUT2D eigenvalue weighted by atomic mass is 35.5. The molecule has 2 atom stereocenters. The van der Waals surface area contributed by atoms with E-state index in [2.05, 4.69) is 10.1 Å². The van der Waals surface area contributed by atoms with Gasteiger partial charge in [0.1, 0.15) is 17.3 Å². The van der Waals surface area contributed by atoms with Gasteiger partial charge in [-0.2, -0.15) is 18.3 Å². The Labute approximate surface area is 106 Å². The molecule has 0 fully saturated rings. The summed E-state index contributed by atoms with van der Waals surface area (Å²) >= 11 is 5.79. The third-order valence-corrected chi connectivity index (χ3v) is 3.55. The number of alkyl halides is 3. The first-order valence-electron chi connectivity index (χ1n) is 5.45. The molecule has 0 radical (unpaired) electrons. The van der Waals surface area contributed by atoms with Crippen LogP contribution in [0.4, 0.5) is 13.2 Å². The van der Waals surface area contributed by atoms with Crippen LogP contribution in [-0.4, -0.2) is 47.2 Å². The molecule has 3 aliphatic rings. The zero-order valence-electron chi connectivity index (χ0n) is 9.45. The van der Waals surface area contributed by atoms with E-state index >= 15 is 0 Å². The molecule has 18 heavy (non-hydrogen) atoms. The van der Waals surface area contributed by atoms with Crippen LogP contribution in [0.5, 0.6) is 0 Å². The minimum Gasteiger partial charge on any atom is -0.371 e. The van der Waals surface area contributed by atoms with Crippen LogP contribution in [0.3, 0.4) is 0 Å². The number of fused-ring (bicyclic) bond motifs is 2. The second kappa shape index (κ2) is 3.63. The van der Waals surface area contributed by atoms with E-state index in [0.29, 0.717) is 17.3 Å². The smallest absolute Gasteiger partial charge is 0.371 e. The van der Waals surface area contributed by atoms with Gasteiger partial charge in [-0.05, 0) is 0 Å². The Morgan fingerprint density at radius 1 is 1.44 bits per heavy atom. The molecule has 0 saturated carbocycles. The lowest BCUT2D eigenvalue weighted by Gasteiger charge is -2.29. The third kappa shape index (κ3) is 1.60. The predicted octanol–water partition coefficient (Wildman–Crippen LogP) is 1.99. The Morgan fingerprint density at radius 2 is 2.17 bits per heavy atom. The van der Waals surface area contributed by atoms with Crippen molar-refractivity contribution in [3.63, 3.8) is 0 Å². The molecule has 0 bridgehead atoms. The molecule has 3 aliphatic heterocycles. The van der Waals surface area contributed by atoms with Gasteiger partial charge in [-0.15, -0.1) is 0 Å². The first-order chi connectivity index (χ1) is 8.38. The lowest BCUT2D eigenvalue weighted by molar-refractivity contribution is -0.167. The van der Waals surface area contributed by atoms with Crippen molar-refractivity contribution in [1.29, 1.82) is 0 Å². The van der Waals surface area contributed by atoms with Gasteiger partial charge >= 0.3 is 6.18 Å². The van der Waals surface area contributed by atoms with Crippen molar-refractivity contribution in [2.24, 2.45) is 16.0 Å². The molecular weight excluding hydrogens is 269 g/mol. The standard InChI is InChI=1S/C10H10ClF3N4/c1-17-4-5(10(12,13)14)9-6(17)3-15-8-2-7(11)16-18(8)9/h3,5,8H,2,4H2,1H3. The Hall–Kier alpha value is -1.24. The van der Waals surface area contributed by atoms with Crippen molar-refractivity contribution in [3.8, 4) is 0 Å². The lowest BCUT2D eigenvalue weighted by atomic mass is 10.1. The van der Waals surface area contributed by atoms with Crippen LogP contribution >= 0.6 is 11.6 Å². The summed E-state index contributed by atoms with van der Waals surface area (Å²) in [5, 5.41) is 5.58. The molecule has 0 amide bonds. The van der Waals surface area contributed by atoms with Gasteiger partial charge in [0, 0.05) is 26.2 Å². The van der Waals surface area contributed by atoms with Crippen LogP contribution in [-0.2, 0) is 0 Å². The Kier molecular flexibility index (Phi) is 2.38. The summed E-state index contributed by atoms with van der Waals surface area (Å²) in [6.45, 7) is -0.101. The van der Waals surface area contributed by atoms with E-state index in [9.17, 15) is 13.2 Å². The highest BCUT2D eigenvalue weighted by Gasteiger charge is 2.52. The number of hydrogen-bond donors (Lipinski definition) is 0. The molecule has 8 heteroatoms. The zero-order valence-corrected chi connectivity index (χ0v) is 10.2. The van der Waals surface area contributed by atoms with Crippen LogP contribution in [0.2, 0.25) is 0 Å². The van der Waals surface area contributed by atoms with Crippen LogP contribution in [0.1, 0.15) is 6.42 Å². The summed E-state index contributed by atoms with van der Waals surface area (Å²) in [4.78, 5) is 5.74. The molecule has 2 unspecified atom stereocenters. The maximum absolute atomic E-state index is 13.0. The summed E-state index contributed by atoms with van der Waals surface area (Å²) in [7, 11) is 1.62. The highest BCUT2D eigenvalue weighted by molar-refractivity contribution is 6.65. The van der Waals surface area contributed by atoms with Crippen molar-refractivity contribution >= 4 is 23.0 Å². The normalized spacial score (nSPS) is 30.8. The molecule has 98 valence electrons. The van der Waals surface area contributed by atoms with Gasteiger partial charge in [0.15, 0.2) is 0 Å². The van der Waals surface area contributed by atoms with Gasteiger partial charge < -0.3 is 4.90 Å². The number of aliphatic imine (C=N–C) groups is 1. The second-order valence-electron chi connectivity index (χ2n) is 4.53. The quantitative estimate of drug-likeness (QED) is 0.679. The van der Waals surface area contributed by atoms with Gasteiger partial charge in [-0.25, -0.2) is 5.01 Å². The molecule has 0 N–H and O–H groups in total. The SMILES string of the molecule is CN1CC(C(F)(F)F)C2=C1C=NC1CC(Cl)=NN21. The molecule has 0 spiro atoms. The minimum absolute atomic E-state index is 0.101. The average Bonchev–Trinajstić information content (AvgIpc) is 2.77. The summed E-state index contributed by atoms with van der Waals surface area (Å²) < 4.78 is 39.1. The van der Waals surface area contributed by atoms with Crippen molar-refractivity contribution < 1.29 is 13.2 Å². The number of nitrogens with zero attached hydrogens (tertiary/aromatic N) is 4. The van der Waals surface area contributed by atoms with Gasteiger partial charge in [-0.1, -0.05) is 11.6 Å². The Bertz CT molecular complexity index is 482. The van der Waals surface area contributed by atoms with E-state index in [1.54, 1.807) is 11.9 Å². The summed E-state index contributed by atoms with van der Waals surface area (Å²) in [5.74, 6) is -1.53. The highest BCUT2D eigenvalue weighted by Crippen LogP contribution is 2.44. The molecule has 0 aromatic rings. The maximum Gasteiger partial charge on any atom is 0.399 e. The number of rotatable bonds is 0. The molecule has 0 aliphatic carbocycles. The molecule has 0 aromatic carbocycles. The second-order valence-corrected chi connectivity index (χ2v) is 4.97. The van der Waals surface area contributed by atoms with Crippen molar-refractivity contribution in [1.82, 2.24) is 9.91 Å². The van der Waals surface area contributed by atoms with E-state index in [-0.39, 0.29) is 12.2 Å². The predicted molar refractivity (Wildman–Crippen MR) is 61.2 cm³/mol. The van der Waals surface area contributed by atoms with E-state index in [1.165, 1.54) is 11.2 Å². The molecule has 3 rings (SSSR count). The van der Waals surface area contributed by atoms with E-state index in [1.807, 2.05) is 0 Å². The van der Waals surface area contributed by atoms with Gasteiger partial charge in [0.25, 0.3) is 0 Å². The van der Waals surface area contributed by atoms with E-state index < -0.39 is 18.3 Å². The van der Waals surface area contributed by atoms with Gasteiger partial charge in [-0.3, -0.25) is 4.99 Å². The zero-order chi connectivity index (χ0) is 13.1. The monoisotopic (exact) mass is 278 g/mol. The minimum atomic E-state index is -4.29. The molecule has 3 heterocycles. The van der Waals surface area contributed by atoms with Crippen molar-refractivity contribution in [2.75, 3.05) is 13.6 Å². The first-order valence-corrected chi connectivity index (χ1v) is 5.83. The Balaban J connectivity index is 2.05. The van der Waals surface area contributed by atoms with E-state index in [0.717, 1.165) is 0 Å². The maximum atomic E-state index is 13.0. The van der Waals surface area contributed by atoms with Crippen LogP contribution in [0, 0.1) is 5.92 Å². The van der Waals surface area contributed by atoms with Gasteiger partial charge in [0.2, 0.25) is 0 Å². The topological polar surface area (TPSA) is 31.2 Å². The van der Waals surface area contributed by atoms with Crippen LogP contribution in [0.25, 0.3) is 0 Å². The van der Waals surface area contributed by atoms with Crippen molar-refractivity contribution in [2.45, 2.75) is 18.8 Å². The third-order valence-electron chi connectivity index (χ3n) is 3.32. The fraction of sp³-hybridized carbons (Fsp3) is 0.600. The average molecular weight is 279 g/mol. The molecule has 4 nitrogen and oxygen atoms in total. The summed E-state index contributed by atoms with van der Waals surface area (Å²) in [6.07, 6.45) is -2.85. The fourth-order valence-corrected chi connectivity index (χ4v) is 2.70. The number of hydrogen-bond acceptors (Lipinski definition) is 4. The van der Waals surface area contributed by atoms with Crippen LogP contribution < -0.4 is 0 Å². The van der Waals surface area contributed by atoms with Crippen molar-refractivity contribution in [3.05, 3.63) is 11.4 Å². The number of halogens is 4. The largest absolute Gasteiger partial charge is 0.399 e. The number of allylic oxidation sites excluding steroid dienone is 1. The molecule has 0 saturated heterocycles. The summed E-state index contributed by atoms with van der Waals surface area (Å²) in [5.41, 5.74) is 0.643. The Morgan fingerprint density at radius 3 is 2.83 bits per heavy atom. The van der Waals surface area contributed by atoms with Gasteiger partial charge in [0.05, 0.1) is 11.4 Å². The lowest BCUT2D eigenvalue weighted by Crippen LogP contribution is -2.36. The van der Waals surface area contributed by atoms with E-state index in [4.69, 9.17) is 11.6 Å².